The molecular formula is C22H23NO4S. The summed E-state index contributed by atoms with van der Waals surface area (Å²) in [6.07, 6.45) is 0. The van der Waals surface area contributed by atoms with E-state index < -0.39 is 0 Å². The molecule has 3 aromatic rings. The first-order valence-corrected chi connectivity index (χ1v) is 9.70. The quantitative estimate of drug-likeness (QED) is 0.543. The number of anilines is 1. The van der Waals surface area contributed by atoms with Gasteiger partial charge in [-0.25, -0.2) is 0 Å². The van der Waals surface area contributed by atoms with E-state index in [1.54, 1.807) is 14.2 Å². The first-order valence-electron chi connectivity index (χ1n) is 8.88. The van der Waals surface area contributed by atoms with Gasteiger partial charge >= 0.3 is 0 Å². The standard InChI is InChI=1S/C22H23NO4S/c1-15-20(16-4-8-18(26-3)9-5-16)14-21(28-15)22(24)23-17-6-10-19(11-7-17)27-13-12-25-2/h4-11,14H,12-13H2,1-3H3,(H,23,24). The summed E-state index contributed by atoms with van der Waals surface area (Å²) < 4.78 is 15.7. The van der Waals surface area contributed by atoms with Crippen LogP contribution in [0.15, 0.2) is 54.6 Å². The van der Waals surface area contributed by atoms with Crippen LogP contribution in [0.4, 0.5) is 5.69 Å². The average molecular weight is 397 g/mol. The predicted molar refractivity (Wildman–Crippen MR) is 113 cm³/mol. The zero-order valence-corrected chi connectivity index (χ0v) is 17.0. The van der Waals surface area contributed by atoms with Crippen LogP contribution in [-0.2, 0) is 4.74 Å². The summed E-state index contributed by atoms with van der Waals surface area (Å²) in [5.74, 6) is 1.42. The van der Waals surface area contributed by atoms with Gasteiger partial charge in [-0.3, -0.25) is 4.79 Å². The minimum Gasteiger partial charge on any atom is -0.497 e. The second kappa shape index (κ2) is 9.39. The highest BCUT2D eigenvalue weighted by molar-refractivity contribution is 7.14. The minimum atomic E-state index is -0.124. The fraction of sp³-hybridized carbons (Fsp3) is 0.227. The van der Waals surface area contributed by atoms with Crippen LogP contribution in [0.5, 0.6) is 11.5 Å². The first kappa shape index (κ1) is 19.9. The third kappa shape index (κ3) is 4.91. The Morgan fingerprint density at radius 3 is 2.29 bits per heavy atom. The highest BCUT2D eigenvalue weighted by Gasteiger charge is 2.14. The molecule has 146 valence electrons. The fourth-order valence-corrected chi connectivity index (χ4v) is 3.66. The zero-order chi connectivity index (χ0) is 19.9. The third-order valence-corrected chi connectivity index (χ3v) is 5.26. The summed E-state index contributed by atoms with van der Waals surface area (Å²) in [5, 5.41) is 2.93. The van der Waals surface area contributed by atoms with Crippen molar-refractivity contribution in [3.05, 3.63) is 64.4 Å². The molecule has 2 aromatic carbocycles. The molecule has 0 radical (unpaired) electrons. The SMILES string of the molecule is COCCOc1ccc(NC(=O)c2cc(-c3ccc(OC)cc3)c(C)s2)cc1. The van der Waals surface area contributed by atoms with Gasteiger partial charge in [0.1, 0.15) is 18.1 Å². The van der Waals surface area contributed by atoms with Gasteiger partial charge in [-0.1, -0.05) is 12.1 Å². The van der Waals surface area contributed by atoms with Gasteiger partial charge in [0.15, 0.2) is 0 Å². The maximum Gasteiger partial charge on any atom is 0.265 e. The second-order valence-corrected chi connectivity index (χ2v) is 7.39. The number of carbonyl (C=O) groups is 1. The van der Waals surface area contributed by atoms with Gasteiger partial charge in [-0.2, -0.15) is 0 Å². The Morgan fingerprint density at radius 1 is 0.964 bits per heavy atom. The molecule has 6 heteroatoms. The number of benzene rings is 2. The van der Waals surface area contributed by atoms with Gasteiger partial charge in [0.05, 0.1) is 18.6 Å². The first-order chi connectivity index (χ1) is 13.6. The number of hydrogen-bond donors (Lipinski definition) is 1. The minimum absolute atomic E-state index is 0.124. The van der Waals surface area contributed by atoms with Crippen LogP contribution in [-0.4, -0.2) is 33.3 Å². The van der Waals surface area contributed by atoms with E-state index in [4.69, 9.17) is 14.2 Å². The lowest BCUT2D eigenvalue weighted by Gasteiger charge is -2.07. The van der Waals surface area contributed by atoms with Gasteiger partial charge in [0.2, 0.25) is 0 Å². The Hall–Kier alpha value is -2.83. The van der Waals surface area contributed by atoms with Crippen molar-refractivity contribution >= 4 is 22.9 Å². The largest absolute Gasteiger partial charge is 0.497 e. The van der Waals surface area contributed by atoms with Crippen molar-refractivity contribution in [2.75, 3.05) is 32.8 Å². The number of amides is 1. The van der Waals surface area contributed by atoms with E-state index in [1.165, 1.54) is 11.3 Å². The van der Waals surface area contributed by atoms with Crippen molar-refractivity contribution in [1.82, 2.24) is 0 Å². The maximum absolute atomic E-state index is 12.6. The summed E-state index contributed by atoms with van der Waals surface area (Å²) in [5.41, 5.74) is 2.84. The maximum atomic E-state index is 12.6. The number of methoxy groups -OCH3 is 2. The molecule has 0 atom stereocenters. The highest BCUT2D eigenvalue weighted by Crippen LogP contribution is 2.32. The molecule has 1 heterocycles. The summed E-state index contributed by atoms with van der Waals surface area (Å²) in [7, 11) is 3.28. The Balaban J connectivity index is 1.67. The van der Waals surface area contributed by atoms with E-state index in [-0.39, 0.29) is 5.91 Å². The summed E-state index contributed by atoms with van der Waals surface area (Å²) in [6.45, 7) is 3.05. The predicted octanol–water partition coefficient (Wildman–Crippen LogP) is 5.01. The van der Waals surface area contributed by atoms with Crippen LogP contribution >= 0.6 is 11.3 Å². The molecule has 0 spiro atoms. The van der Waals surface area contributed by atoms with Crippen LogP contribution in [0.3, 0.4) is 0 Å². The Morgan fingerprint density at radius 2 is 1.64 bits per heavy atom. The normalized spacial score (nSPS) is 10.5. The number of carbonyl (C=O) groups excluding carboxylic acids is 1. The molecule has 1 aromatic heterocycles. The average Bonchev–Trinajstić information content (AvgIpc) is 3.11. The number of thiophene rings is 1. The smallest absolute Gasteiger partial charge is 0.265 e. The third-order valence-electron chi connectivity index (χ3n) is 4.21. The van der Waals surface area contributed by atoms with E-state index in [0.29, 0.717) is 18.1 Å². The lowest BCUT2D eigenvalue weighted by atomic mass is 10.1. The molecule has 0 saturated carbocycles. The molecule has 0 unspecified atom stereocenters. The molecule has 28 heavy (non-hydrogen) atoms. The van der Waals surface area contributed by atoms with Crippen molar-refractivity contribution in [1.29, 1.82) is 0 Å². The molecular weight excluding hydrogens is 374 g/mol. The Kier molecular flexibility index (Phi) is 6.68. The summed E-state index contributed by atoms with van der Waals surface area (Å²) >= 11 is 1.48. The molecule has 0 aliphatic carbocycles. The van der Waals surface area contributed by atoms with Crippen molar-refractivity contribution in [3.8, 4) is 22.6 Å². The van der Waals surface area contributed by atoms with Crippen LogP contribution in [0.2, 0.25) is 0 Å². The van der Waals surface area contributed by atoms with Crippen molar-refractivity contribution in [2.45, 2.75) is 6.92 Å². The van der Waals surface area contributed by atoms with Crippen molar-refractivity contribution in [3.63, 3.8) is 0 Å². The molecule has 5 nitrogen and oxygen atoms in total. The molecule has 3 rings (SSSR count). The van der Waals surface area contributed by atoms with Gasteiger partial charge in [0.25, 0.3) is 5.91 Å². The molecule has 0 saturated heterocycles. The molecule has 0 aliphatic rings. The van der Waals surface area contributed by atoms with E-state index in [1.807, 2.05) is 61.5 Å². The van der Waals surface area contributed by atoms with Crippen LogP contribution in [0, 0.1) is 6.92 Å². The van der Waals surface area contributed by atoms with Crippen LogP contribution in [0.25, 0.3) is 11.1 Å². The lowest BCUT2D eigenvalue weighted by Crippen LogP contribution is -2.10. The van der Waals surface area contributed by atoms with Gasteiger partial charge < -0.3 is 19.5 Å². The fourth-order valence-electron chi connectivity index (χ4n) is 2.72. The molecule has 0 bridgehead atoms. The highest BCUT2D eigenvalue weighted by atomic mass is 32.1. The summed E-state index contributed by atoms with van der Waals surface area (Å²) in [6, 6.07) is 17.1. The van der Waals surface area contributed by atoms with E-state index in [9.17, 15) is 4.79 Å². The van der Waals surface area contributed by atoms with E-state index in [2.05, 4.69) is 5.32 Å². The van der Waals surface area contributed by atoms with Gasteiger partial charge in [0, 0.05) is 17.7 Å². The number of aryl methyl sites for hydroxylation is 1. The number of nitrogens with one attached hydrogen (secondary N) is 1. The number of ether oxygens (including phenoxy) is 3. The van der Waals surface area contributed by atoms with Crippen LogP contribution < -0.4 is 14.8 Å². The molecule has 1 N–H and O–H groups in total. The van der Waals surface area contributed by atoms with E-state index in [0.717, 1.165) is 33.2 Å². The lowest BCUT2D eigenvalue weighted by molar-refractivity contribution is 0.103. The molecule has 0 aliphatic heterocycles. The monoisotopic (exact) mass is 397 g/mol. The van der Waals surface area contributed by atoms with Gasteiger partial charge in [-0.15, -0.1) is 11.3 Å². The topological polar surface area (TPSA) is 56.8 Å². The van der Waals surface area contributed by atoms with E-state index >= 15 is 0 Å². The Labute approximate surface area is 168 Å². The second-order valence-electron chi connectivity index (χ2n) is 6.13. The van der Waals surface area contributed by atoms with Gasteiger partial charge in [-0.05, 0) is 60.5 Å². The van der Waals surface area contributed by atoms with Crippen molar-refractivity contribution < 1.29 is 19.0 Å². The zero-order valence-electron chi connectivity index (χ0n) is 16.2. The molecule has 1 amide bonds. The molecule has 0 fully saturated rings. The van der Waals surface area contributed by atoms with Crippen molar-refractivity contribution in [2.24, 2.45) is 0 Å². The number of rotatable bonds is 8. The van der Waals surface area contributed by atoms with Crippen LogP contribution in [0.1, 0.15) is 14.5 Å². The number of hydrogen-bond acceptors (Lipinski definition) is 5. The summed E-state index contributed by atoms with van der Waals surface area (Å²) in [4.78, 5) is 14.4. The Bertz CT molecular complexity index is 917.